The second-order valence-corrected chi connectivity index (χ2v) is 7.40. The van der Waals surface area contributed by atoms with E-state index in [4.69, 9.17) is 19.2 Å². The molecule has 6 heteroatoms. The summed E-state index contributed by atoms with van der Waals surface area (Å²) in [6.45, 7) is 2.91. The molecular weight excluding hydrogens is 416 g/mol. The summed E-state index contributed by atoms with van der Waals surface area (Å²) in [7, 11) is 3.18. The molecule has 0 bridgehead atoms. The van der Waals surface area contributed by atoms with E-state index < -0.39 is 0 Å². The van der Waals surface area contributed by atoms with Gasteiger partial charge in [-0.25, -0.2) is 4.98 Å². The third kappa shape index (κ3) is 4.90. The van der Waals surface area contributed by atoms with Gasteiger partial charge in [0.05, 0.1) is 37.6 Å². The number of aromatic nitrogens is 1. The molecule has 1 N–H and O–H groups in total. The number of pyridine rings is 1. The number of nitrogens with one attached hydrogen (secondary N) is 1. The summed E-state index contributed by atoms with van der Waals surface area (Å²) in [4.78, 5) is 18.0. The Morgan fingerprint density at radius 1 is 0.909 bits per heavy atom. The minimum atomic E-state index is -0.171. The molecule has 0 fully saturated rings. The van der Waals surface area contributed by atoms with Crippen LogP contribution in [-0.2, 0) is 6.54 Å². The number of rotatable bonds is 8. The number of benzene rings is 3. The number of hydrogen-bond donors (Lipinski definition) is 1. The lowest BCUT2D eigenvalue weighted by molar-refractivity contribution is 0.0952. The predicted octanol–water partition coefficient (Wildman–Crippen LogP) is 5.25. The first kappa shape index (κ1) is 22.1. The van der Waals surface area contributed by atoms with E-state index in [0.717, 1.165) is 33.5 Å². The van der Waals surface area contributed by atoms with Crippen molar-refractivity contribution in [2.75, 3.05) is 20.8 Å². The first-order valence-electron chi connectivity index (χ1n) is 10.7. The molecule has 1 aromatic heterocycles. The molecule has 0 aliphatic heterocycles. The number of carbonyl (C=O) groups is 1. The predicted molar refractivity (Wildman–Crippen MR) is 129 cm³/mol. The second kappa shape index (κ2) is 10.0. The zero-order valence-electron chi connectivity index (χ0n) is 18.9. The lowest BCUT2D eigenvalue weighted by Crippen LogP contribution is -2.23. The highest BCUT2D eigenvalue weighted by Gasteiger charge is 2.14. The third-order valence-electron chi connectivity index (χ3n) is 5.32. The number of ether oxygens (including phenoxy) is 3. The van der Waals surface area contributed by atoms with E-state index in [1.54, 1.807) is 14.2 Å². The van der Waals surface area contributed by atoms with Crippen molar-refractivity contribution in [1.82, 2.24) is 10.3 Å². The Balaban J connectivity index is 1.63. The number of amides is 1. The maximum absolute atomic E-state index is 13.2. The lowest BCUT2D eigenvalue weighted by Gasteiger charge is -2.12. The van der Waals surface area contributed by atoms with Crippen molar-refractivity contribution >= 4 is 16.8 Å². The van der Waals surface area contributed by atoms with Gasteiger partial charge in [0.25, 0.3) is 5.91 Å². The first-order chi connectivity index (χ1) is 16.1. The van der Waals surface area contributed by atoms with Gasteiger partial charge in [0.1, 0.15) is 5.75 Å². The van der Waals surface area contributed by atoms with Crippen molar-refractivity contribution in [3.05, 3.63) is 83.9 Å². The molecule has 168 valence electrons. The van der Waals surface area contributed by atoms with Gasteiger partial charge in [-0.3, -0.25) is 4.79 Å². The van der Waals surface area contributed by atoms with Crippen molar-refractivity contribution in [1.29, 1.82) is 0 Å². The van der Waals surface area contributed by atoms with Crippen LogP contribution in [0.2, 0.25) is 0 Å². The number of para-hydroxylation sites is 1. The summed E-state index contributed by atoms with van der Waals surface area (Å²) in [6.07, 6.45) is 0. The van der Waals surface area contributed by atoms with Crippen LogP contribution in [0.3, 0.4) is 0 Å². The van der Waals surface area contributed by atoms with Crippen LogP contribution in [0.25, 0.3) is 22.2 Å². The average Bonchev–Trinajstić information content (AvgIpc) is 2.87. The topological polar surface area (TPSA) is 69.7 Å². The molecule has 3 aromatic carbocycles. The smallest absolute Gasteiger partial charge is 0.252 e. The van der Waals surface area contributed by atoms with Gasteiger partial charge in [-0.2, -0.15) is 0 Å². The van der Waals surface area contributed by atoms with Gasteiger partial charge in [0.15, 0.2) is 11.5 Å². The van der Waals surface area contributed by atoms with Crippen LogP contribution in [-0.4, -0.2) is 31.7 Å². The van der Waals surface area contributed by atoms with Crippen molar-refractivity contribution < 1.29 is 19.0 Å². The summed E-state index contributed by atoms with van der Waals surface area (Å²) in [5.74, 6) is 1.90. The number of fused-ring (bicyclic) bond motifs is 1. The quantitative estimate of drug-likeness (QED) is 0.404. The number of hydrogen-bond acceptors (Lipinski definition) is 5. The zero-order valence-corrected chi connectivity index (χ0v) is 18.9. The first-order valence-corrected chi connectivity index (χ1v) is 10.7. The van der Waals surface area contributed by atoms with Gasteiger partial charge in [0.2, 0.25) is 0 Å². The van der Waals surface area contributed by atoms with Gasteiger partial charge in [0, 0.05) is 17.5 Å². The highest BCUT2D eigenvalue weighted by molar-refractivity contribution is 6.07. The second-order valence-electron chi connectivity index (χ2n) is 7.40. The molecule has 4 rings (SSSR count). The molecule has 0 atom stereocenters. The van der Waals surface area contributed by atoms with Crippen LogP contribution in [0, 0.1) is 0 Å². The van der Waals surface area contributed by atoms with Crippen LogP contribution in [0.5, 0.6) is 17.2 Å². The number of methoxy groups -OCH3 is 2. The van der Waals surface area contributed by atoms with E-state index in [1.165, 1.54) is 0 Å². The monoisotopic (exact) mass is 442 g/mol. The SMILES string of the molecule is CCOc1ccc(-c2cc(C(=O)NCc3ccc(OC)c(OC)c3)c3ccccc3n2)cc1. The molecular formula is C27H26N2O4. The Hall–Kier alpha value is -4.06. The molecule has 1 heterocycles. The molecule has 0 unspecified atom stereocenters. The number of nitrogens with zero attached hydrogens (tertiary/aromatic N) is 1. The minimum Gasteiger partial charge on any atom is -0.494 e. The van der Waals surface area contributed by atoms with Gasteiger partial charge in [-0.05, 0) is 61.0 Å². The minimum absolute atomic E-state index is 0.171. The fourth-order valence-corrected chi connectivity index (χ4v) is 3.67. The number of carbonyl (C=O) groups excluding carboxylic acids is 1. The van der Waals surface area contributed by atoms with Gasteiger partial charge < -0.3 is 19.5 Å². The van der Waals surface area contributed by atoms with Crippen molar-refractivity contribution in [2.24, 2.45) is 0 Å². The highest BCUT2D eigenvalue weighted by atomic mass is 16.5. The standard InChI is InChI=1S/C27H26N2O4/c1-4-33-20-12-10-19(11-13-20)24-16-22(21-7-5-6-8-23(21)29-24)27(30)28-17-18-9-14-25(31-2)26(15-18)32-3/h5-16H,4,17H2,1-3H3,(H,28,30). The Morgan fingerprint density at radius 3 is 2.39 bits per heavy atom. The van der Waals surface area contributed by atoms with Gasteiger partial charge in [-0.1, -0.05) is 24.3 Å². The zero-order chi connectivity index (χ0) is 23.2. The summed E-state index contributed by atoms with van der Waals surface area (Å²) in [5.41, 5.74) is 3.89. The van der Waals surface area contributed by atoms with Gasteiger partial charge in [-0.15, -0.1) is 0 Å². The summed E-state index contributed by atoms with van der Waals surface area (Å²) >= 11 is 0. The van der Waals surface area contributed by atoms with E-state index in [0.29, 0.717) is 30.2 Å². The molecule has 33 heavy (non-hydrogen) atoms. The highest BCUT2D eigenvalue weighted by Crippen LogP contribution is 2.28. The fraction of sp³-hybridized carbons (Fsp3) is 0.185. The van der Waals surface area contributed by atoms with Crippen molar-refractivity contribution in [2.45, 2.75) is 13.5 Å². The van der Waals surface area contributed by atoms with E-state index in [1.807, 2.05) is 79.7 Å². The maximum atomic E-state index is 13.2. The van der Waals surface area contributed by atoms with Gasteiger partial charge >= 0.3 is 0 Å². The molecule has 0 saturated heterocycles. The average molecular weight is 443 g/mol. The molecule has 0 radical (unpaired) electrons. The van der Waals surface area contributed by atoms with Crippen LogP contribution >= 0.6 is 0 Å². The molecule has 1 amide bonds. The Bertz CT molecular complexity index is 1270. The third-order valence-corrected chi connectivity index (χ3v) is 5.32. The maximum Gasteiger partial charge on any atom is 0.252 e. The Labute approximate surface area is 193 Å². The van der Waals surface area contributed by atoms with Crippen LogP contribution < -0.4 is 19.5 Å². The van der Waals surface area contributed by atoms with E-state index in [-0.39, 0.29) is 5.91 Å². The molecule has 0 spiro atoms. The normalized spacial score (nSPS) is 10.6. The Kier molecular flexibility index (Phi) is 6.74. The van der Waals surface area contributed by atoms with Crippen LogP contribution in [0.15, 0.2) is 72.8 Å². The van der Waals surface area contributed by atoms with E-state index in [9.17, 15) is 4.79 Å². The Morgan fingerprint density at radius 2 is 1.67 bits per heavy atom. The molecule has 0 aliphatic carbocycles. The van der Waals surface area contributed by atoms with E-state index >= 15 is 0 Å². The lowest BCUT2D eigenvalue weighted by atomic mass is 10.0. The summed E-state index contributed by atoms with van der Waals surface area (Å²) < 4.78 is 16.2. The van der Waals surface area contributed by atoms with Crippen LogP contribution in [0.1, 0.15) is 22.8 Å². The molecule has 4 aromatic rings. The van der Waals surface area contributed by atoms with Crippen LogP contribution in [0.4, 0.5) is 0 Å². The fourth-order valence-electron chi connectivity index (χ4n) is 3.67. The van der Waals surface area contributed by atoms with Crippen molar-refractivity contribution in [3.8, 4) is 28.5 Å². The summed E-state index contributed by atoms with van der Waals surface area (Å²) in [5, 5.41) is 3.82. The molecule has 0 saturated carbocycles. The largest absolute Gasteiger partial charge is 0.494 e. The summed E-state index contributed by atoms with van der Waals surface area (Å²) in [6, 6.07) is 22.8. The van der Waals surface area contributed by atoms with Crippen molar-refractivity contribution in [3.63, 3.8) is 0 Å². The molecule has 6 nitrogen and oxygen atoms in total. The molecule has 0 aliphatic rings. The van der Waals surface area contributed by atoms with E-state index in [2.05, 4.69) is 5.32 Å².